The summed E-state index contributed by atoms with van der Waals surface area (Å²) in [6.45, 7) is 2.00. The van der Waals surface area contributed by atoms with E-state index in [1.165, 1.54) is 11.8 Å². The van der Waals surface area contributed by atoms with E-state index in [1.807, 2.05) is 37.3 Å². The summed E-state index contributed by atoms with van der Waals surface area (Å²) in [4.78, 5) is 24.3. The van der Waals surface area contributed by atoms with Gasteiger partial charge in [0.15, 0.2) is 5.17 Å². The molecule has 3 rings (SSSR count). The van der Waals surface area contributed by atoms with Gasteiger partial charge in [0.1, 0.15) is 5.25 Å². The molecule has 1 saturated heterocycles. The van der Waals surface area contributed by atoms with E-state index in [1.54, 1.807) is 24.3 Å². The maximum absolute atomic E-state index is 12.2. The second-order valence-electron chi connectivity index (χ2n) is 6.03. The molecule has 0 unspecified atom stereocenters. The number of thioether (sulfide) groups is 1. The number of hydrogen-bond acceptors (Lipinski definition) is 5. The van der Waals surface area contributed by atoms with Gasteiger partial charge in [-0.2, -0.15) is 5.10 Å². The maximum atomic E-state index is 12.2. The van der Waals surface area contributed by atoms with Gasteiger partial charge in [0.05, 0.1) is 5.71 Å². The van der Waals surface area contributed by atoms with Gasteiger partial charge in [-0.05, 0) is 36.2 Å². The third-order valence-electron chi connectivity index (χ3n) is 3.98. The van der Waals surface area contributed by atoms with Crippen LogP contribution in [0.4, 0.5) is 5.69 Å². The Hall–Kier alpha value is -2.64. The fourth-order valence-corrected chi connectivity index (χ4v) is 3.61. The van der Waals surface area contributed by atoms with E-state index >= 15 is 0 Å². The van der Waals surface area contributed by atoms with Crippen LogP contribution in [0.3, 0.4) is 0 Å². The molecule has 1 fully saturated rings. The van der Waals surface area contributed by atoms with Crippen LogP contribution in [-0.4, -0.2) is 27.9 Å². The number of benzene rings is 2. The van der Waals surface area contributed by atoms with Crippen molar-refractivity contribution in [3.8, 4) is 0 Å². The Bertz CT molecular complexity index is 914. The molecular weight excluding hydrogens is 396 g/mol. The summed E-state index contributed by atoms with van der Waals surface area (Å²) in [7, 11) is 0. The van der Waals surface area contributed by atoms with Gasteiger partial charge >= 0.3 is 0 Å². The summed E-state index contributed by atoms with van der Waals surface area (Å²) in [6, 6.07) is 16.5. The first-order chi connectivity index (χ1) is 13.5. The lowest BCUT2D eigenvalue weighted by Gasteiger charge is -2.07. The summed E-state index contributed by atoms with van der Waals surface area (Å²) >= 11 is 7.04. The average Bonchev–Trinajstić information content (AvgIpc) is 3.04. The van der Waals surface area contributed by atoms with Crippen molar-refractivity contribution >= 4 is 51.7 Å². The highest BCUT2D eigenvalue weighted by molar-refractivity contribution is 8.15. The Balaban J connectivity index is 1.61. The normalized spacial score (nSPS) is 18.2. The van der Waals surface area contributed by atoms with Gasteiger partial charge in [-0.15, -0.1) is 5.10 Å². The zero-order chi connectivity index (χ0) is 19.9. The molecule has 2 aromatic carbocycles. The van der Waals surface area contributed by atoms with Gasteiger partial charge in [-0.3, -0.25) is 9.59 Å². The van der Waals surface area contributed by atoms with Gasteiger partial charge < -0.3 is 10.6 Å². The van der Waals surface area contributed by atoms with Crippen molar-refractivity contribution in [1.82, 2.24) is 5.32 Å². The summed E-state index contributed by atoms with van der Waals surface area (Å²) in [6.07, 6.45) is 0.757. The van der Waals surface area contributed by atoms with E-state index in [0.717, 1.165) is 11.3 Å². The summed E-state index contributed by atoms with van der Waals surface area (Å²) in [5.74, 6) is -0.499. The van der Waals surface area contributed by atoms with Gasteiger partial charge in [0.25, 0.3) is 0 Å². The molecule has 0 saturated carbocycles. The number of nitrogens with one attached hydrogen (secondary N) is 2. The van der Waals surface area contributed by atoms with Crippen molar-refractivity contribution in [3.05, 3.63) is 65.2 Å². The van der Waals surface area contributed by atoms with E-state index < -0.39 is 5.25 Å². The van der Waals surface area contributed by atoms with E-state index in [0.29, 0.717) is 22.3 Å². The molecule has 0 radical (unpaired) electrons. The first-order valence-corrected chi connectivity index (χ1v) is 10.0. The maximum Gasteiger partial charge on any atom is 0.240 e. The standard InChI is InChI=1S/C20H19ClN4O2S/c1-2-16(13-6-4-3-5-7-13)24-25-20-23-19(27)17(28-20)12-18(26)22-15-10-8-14(21)9-11-15/h3-11,17H,2,12H2,1H3,(H,22,26)(H,23,25,27)/b24-16-/t17-/m0/s1. The van der Waals surface area contributed by atoms with E-state index in [-0.39, 0.29) is 18.2 Å². The number of carbonyl (C=O) groups excluding carboxylic acids is 2. The average molecular weight is 415 g/mol. The monoisotopic (exact) mass is 414 g/mol. The third-order valence-corrected chi connectivity index (χ3v) is 5.30. The number of amides is 2. The quantitative estimate of drug-likeness (QED) is 0.552. The zero-order valence-electron chi connectivity index (χ0n) is 15.2. The van der Waals surface area contributed by atoms with Crippen molar-refractivity contribution in [2.45, 2.75) is 25.0 Å². The van der Waals surface area contributed by atoms with Gasteiger partial charge in [0, 0.05) is 17.1 Å². The highest BCUT2D eigenvalue weighted by atomic mass is 35.5. The van der Waals surface area contributed by atoms with E-state index in [9.17, 15) is 9.59 Å². The molecule has 1 aliphatic rings. The number of halogens is 1. The van der Waals surface area contributed by atoms with Crippen LogP contribution in [0.2, 0.25) is 5.02 Å². The van der Waals surface area contributed by atoms with Gasteiger partial charge in [-0.1, -0.05) is 60.6 Å². The predicted molar refractivity (Wildman–Crippen MR) is 115 cm³/mol. The number of rotatable bonds is 6. The molecule has 0 bridgehead atoms. The number of anilines is 1. The minimum Gasteiger partial charge on any atom is -0.326 e. The zero-order valence-corrected chi connectivity index (χ0v) is 16.8. The molecule has 1 heterocycles. The van der Waals surface area contributed by atoms with Crippen LogP contribution in [0, 0.1) is 0 Å². The molecule has 28 heavy (non-hydrogen) atoms. The van der Waals surface area contributed by atoms with Crippen LogP contribution in [0.25, 0.3) is 0 Å². The summed E-state index contributed by atoms with van der Waals surface area (Å²) < 4.78 is 0. The topological polar surface area (TPSA) is 82.9 Å². The van der Waals surface area contributed by atoms with Gasteiger partial charge in [0.2, 0.25) is 11.8 Å². The lowest BCUT2D eigenvalue weighted by Crippen LogP contribution is -2.28. The van der Waals surface area contributed by atoms with E-state index in [2.05, 4.69) is 20.8 Å². The number of carbonyl (C=O) groups is 2. The predicted octanol–water partition coefficient (Wildman–Crippen LogP) is 4.07. The molecule has 2 N–H and O–H groups in total. The second-order valence-corrected chi connectivity index (χ2v) is 7.65. The van der Waals surface area contributed by atoms with Crippen molar-refractivity contribution in [3.63, 3.8) is 0 Å². The molecule has 0 spiro atoms. The number of hydrogen-bond donors (Lipinski definition) is 2. The lowest BCUT2D eigenvalue weighted by molar-refractivity contribution is -0.122. The first kappa shape index (κ1) is 20.1. The highest BCUT2D eigenvalue weighted by Crippen LogP contribution is 2.23. The Morgan fingerprint density at radius 3 is 2.57 bits per heavy atom. The Morgan fingerprint density at radius 2 is 1.89 bits per heavy atom. The molecule has 1 atom stereocenters. The molecule has 6 nitrogen and oxygen atoms in total. The van der Waals surface area contributed by atoms with Crippen LogP contribution in [-0.2, 0) is 9.59 Å². The van der Waals surface area contributed by atoms with Crippen molar-refractivity contribution < 1.29 is 9.59 Å². The van der Waals surface area contributed by atoms with Gasteiger partial charge in [-0.25, -0.2) is 0 Å². The summed E-state index contributed by atoms with van der Waals surface area (Å²) in [5.41, 5.74) is 2.45. The van der Waals surface area contributed by atoms with Crippen LogP contribution in [0.1, 0.15) is 25.3 Å². The Kier molecular flexibility index (Phi) is 6.84. The largest absolute Gasteiger partial charge is 0.326 e. The fourth-order valence-electron chi connectivity index (χ4n) is 2.57. The molecule has 144 valence electrons. The SMILES string of the molecule is CC/C(=N/N=C1\NC(=O)[C@H](CC(=O)Nc2ccc(Cl)cc2)S1)c1ccccc1. The minimum absolute atomic E-state index is 0.0428. The fraction of sp³-hybridized carbons (Fsp3) is 0.200. The smallest absolute Gasteiger partial charge is 0.240 e. The van der Waals surface area contributed by atoms with Crippen LogP contribution in [0.15, 0.2) is 64.8 Å². The minimum atomic E-state index is -0.539. The van der Waals surface area contributed by atoms with Crippen molar-refractivity contribution in [1.29, 1.82) is 0 Å². The van der Waals surface area contributed by atoms with Crippen LogP contribution >= 0.6 is 23.4 Å². The molecule has 2 aromatic rings. The van der Waals surface area contributed by atoms with Crippen molar-refractivity contribution in [2.75, 3.05) is 5.32 Å². The molecule has 8 heteroatoms. The summed E-state index contributed by atoms with van der Waals surface area (Å²) in [5, 5.41) is 14.3. The molecular formula is C20H19ClN4O2S. The lowest BCUT2D eigenvalue weighted by atomic mass is 10.1. The van der Waals surface area contributed by atoms with Crippen LogP contribution < -0.4 is 10.6 Å². The molecule has 0 aromatic heterocycles. The Labute approximate surface area is 172 Å². The van der Waals surface area contributed by atoms with Crippen molar-refractivity contribution in [2.24, 2.45) is 10.2 Å². The number of amidine groups is 1. The highest BCUT2D eigenvalue weighted by Gasteiger charge is 2.32. The van der Waals surface area contributed by atoms with E-state index in [4.69, 9.17) is 11.6 Å². The third kappa shape index (κ3) is 5.43. The Morgan fingerprint density at radius 1 is 1.18 bits per heavy atom. The van der Waals surface area contributed by atoms with Crippen LogP contribution in [0.5, 0.6) is 0 Å². The second kappa shape index (κ2) is 9.52. The number of nitrogens with zero attached hydrogens (tertiary/aromatic N) is 2. The molecule has 0 aliphatic carbocycles. The first-order valence-electron chi connectivity index (χ1n) is 8.78. The molecule has 2 amide bonds. The molecule has 1 aliphatic heterocycles.